The van der Waals surface area contributed by atoms with Gasteiger partial charge in [-0.05, 0) is 41.5 Å². The van der Waals surface area contributed by atoms with Crippen LogP contribution in [-0.2, 0) is 13.6 Å². The molecule has 0 saturated carbocycles. The van der Waals surface area contributed by atoms with Crippen molar-refractivity contribution in [3.8, 4) is 5.75 Å². The Bertz CT molecular complexity index is 736. The van der Waals surface area contributed by atoms with Gasteiger partial charge in [-0.25, -0.2) is 0 Å². The van der Waals surface area contributed by atoms with E-state index in [1.54, 1.807) is 37.5 Å². The van der Waals surface area contributed by atoms with Gasteiger partial charge >= 0.3 is 7.60 Å². The predicted molar refractivity (Wildman–Crippen MR) is 92.4 cm³/mol. The highest BCUT2D eigenvalue weighted by Crippen LogP contribution is 2.58. The maximum atomic E-state index is 12.8. The molecule has 2 aromatic carbocycles. The van der Waals surface area contributed by atoms with E-state index in [2.05, 4.69) is 5.73 Å². The Kier molecular flexibility index (Phi) is 5.97. The minimum Gasteiger partial charge on any atom is -0.497 e. The lowest BCUT2D eigenvalue weighted by Gasteiger charge is -2.16. The van der Waals surface area contributed by atoms with E-state index in [1.807, 2.05) is 30.3 Å². The average molecular weight is 330 g/mol. The van der Waals surface area contributed by atoms with Crippen LogP contribution in [0.2, 0.25) is 0 Å². The monoisotopic (exact) mass is 330 g/mol. The lowest BCUT2D eigenvalue weighted by atomic mass is 10.2. The first-order chi connectivity index (χ1) is 11.1. The Morgan fingerprint density at radius 2 is 1.57 bits per heavy atom. The van der Waals surface area contributed by atoms with Crippen LogP contribution in [0.1, 0.15) is 11.1 Å². The van der Waals surface area contributed by atoms with Crippen LogP contribution < -0.4 is 4.74 Å². The van der Waals surface area contributed by atoms with Gasteiger partial charge in [0, 0.05) is 14.2 Å². The van der Waals surface area contributed by atoms with Crippen molar-refractivity contribution >= 4 is 19.0 Å². The van der Waals surface area contributed by atoms with Gasteiger partial charge in [-0.1, -0.05) is 30.3 Å². The molecule has 2 rings (SSSR count). The van der Waals surface area contributed by atoms with Gasteiger partial charge in [0.15, 0.2) is 0 Å². The zero-order chi connectivity index (χ0) is 16.7. The van der Waals surface area contributed by atoms with E-state index in [0.29, 0.717) is 16.6 Å². The number of benzene rings is 2. The molecule has 2 aromatic rings. The molecule has 0 bridgehead atoms. The molecule has 0 radical (unpaired) electrons. The molecule has 0 aliphatic carbocycles. The smallest absolute Gasteiger partial charge is 0.369 e. The highest BCUT2D eigenvalue weighted by molar-refractivity contribution is 7.65. The number of hydrogen-bond acceptors (Lipinski definition) is 4. The van der Waals surface area contributed by atoms with Gasteiger partial charge in [-0.2, -0.15) is 0 Å². The summed E-state index contributed by atoms with van der Waals surface area (Å²) >= 11 is 0. The van der Waals surface area contributed by atoms with Crippen LogP contribution in [0.15, 0.2) is 60.3 Å². The van der Waals surface area contributed by atoms with E-state index in [4.69, 9.17) is 13.8 Å². The van der Waals surface area contributed by atoms with Gasteiger partial charge in [-0.15, -0.1) is 5.73 Å². The summed E-state index contributed by atoms with van der Waals surface area (Å²) in [6.07, 6.45) is 1.75. The lowest BCUT2D eigenvalue weighted by Crippen LogP contribution is -1.93. The molecule has 0 aromatic heterocycles. The maximum Gasteiger partial charge on any atom is 0.369 e. The lowest BCUT2D eigenvalue weighted by molar-refractivity contribution is 0.288. The normalized spacial score (nSPS) is 10.7. The molecule has 23 heavy (non-hydrogen) atoms. The summed E-state index contributed by atoms with van der Waals surface area (Å²) in [5, 5.41) is 0.369. The van der Waals surface area contributed by atoms with Crippen LogP contribution in [0.4, 0.5) is 0 Å². The molecule has 4 nitrogen and oxygen atoms in total. The first kappa shape index (κ1) is 17.3. The molecule has 5 heteroatoms. The maximum absolute atomic E-state index is 12.8. The molecular weight excluding hydrogens is 311 g/mol. The van der Waals surface area contributed by atoms with Crippen molar-refractivity contribution in [3.63, 3.8) is 0 Å². The molecule has 0 heterocycles. The molecule has 120 valence electrons. The van der Waals surface area contributed by atoms with Crippen LogP contribution in [0.25, 0.3) is 11.4 Å². The molecule has 0 unspecified atom stereocenters. The Labute approximate surface area is 136 Å². The summed E-state index contributed by atoms with van der Waals surface area (Å²) < 4.78 is 28.2. The molecule has 0 spiro atoms. The minimum atomic E-state index is -3.44. The van der Waals surface area contributed by atoms with Crippen LogP contribution >= 0.6 is 7.60 Å². The van der Waals surface area contributed by atoms with E-state index in [1.165, 1.54) is 14.2 Å². The van der Waals surface area contributed by atoms with Gasteiger partial charge in [0.25, 0.3) is 0 Å². The quantitative estimate of drug-likeness (QED) is 0.562. The van der Waals surface area contributed by atoms with Gasteiger partial charge < -0.3 is 13.8 Å². The van der Waals surface area contributed by atoms with Gasteiger partial charge in [0.1, 0.15) is 11.1 Å². The average Bonchev–Trinajstić information content (AvgIpc) is 2.63. The third-order valence-corrected chi connectivity index (χ3v) is 5.19. The van der Waals surface area contributed by atoms with Crippen molar-refractivity contribution in [2.75, 3.05) is 21.3 Å². The highest BCUT2D eigenvalue weighted by atomic mass is 31.2. The number of hydrogen-bond donors (Lipinski definition) is 0. The summed E-state index contributed by atoms with van der Waals surface area (Å²) in [4.78, 5) is 0. The van der Waals surface area contributed by atoms with Crippen molar-refractivity contribution in [3.05, 3.63) is 71.5 Å². The second-order valence-electron chi connectivity index (χ2n) is 4.64. The van der Waals surface area contributed by atoms with Crippen molar-refractivity contribution < 1.29 is 18.3 Å². The van der Waals surface area contributed by atoms with Gasteiger partial charge in [-0.3, -0.25) is 4.57 Å². The summed E-state index contributed by atoms with van der Waals surface area (Å²) in [6, 6.07) is 16.8. The van der Waals surface area contributed by atoms with E-state index in [-0.39, 0.29) is 0 Å². The fraction of sp³-hybridized carbons (Fsp3) is 0.167. The largest absolute Gasteiger partial charge is 0.497 e. The van der Waals surface area contributed by atoms with Gasteiger partial charge in [0.05, 0.1) is 7.11 Å². The zero-order valence-corrected chi connectivity index (χ0v) is 14.2. The van der Waals surface area contributed by atoms with Crippen molar-refractivity contribution in [2.45, 2.75) is 0 Å². The summed E-state index contributed by atoms with van der Waals surface area (Å²) in [5.74, 6) is 0.713. The third-order valence-electron chi connectivity index (χ3n) is 3.29. The van der Waals surface area contributed by atoms with E-state index >= 15 is 0 Å². The van der Waals surface area contributed by atoms with Crippen molar-refractivity contribution in [1.82, 2.24) is 0 Å². The van der Waals surface area contributed by atoms with Crippen LogP contribution in [-0.4, -0.2) is 21.3 Å². The third kappa shape index (κ3) is 4.22. The fourth-order valence-electron chi connectivity index (χ4n) is 2.03. The van der Waals surface area contributed by atoms with Crippen LogP contribution in [0.3, 0.4) is 0 Å². The highest BCUT2D eigenvalue weighted by Gasteiger charge is 2.28. The summed E-state index contributed by atoms with van der Waals surface area (Å²) in [5.41, 5.74) is 4.71. The molecule has 0 amide bonds. The first-order valence-corrected chi connectivity index (χ1v) is 8.55. The van der Waals surface area contributed by atoms with E-state index < -0.39 is 7.60 Å². The zero-order valence-electron chi connectivity index (χ0n) is 13.4. The summed E-state index contributed by atoms with van der Waals surface area (Å²) in [6.45, 7) is 0. The Hall–Kier alpha value is -2.09. The standard InChI is InChI=1S/C18H19O4P/c1-20-17-12-10-16(11-13-17)18(23(19,21-2)22-3)14-9-15-7-5-4-6-8-15/h4-13H,1-3H3. The molecule has 0 aliphatic rings. The van der Waals surface area contributed by atoms with Crippen molar-refractivity contribution in [1.29, 1.82) is 0 Å². The van der Waals surface area contributed by atoms with Crippen LogP contribution in [0.5, 0.6) is 5.75 Å². The molecular formula is C18H19O4P. The van der Waals surface area contributed by atoms with Gasteiger partial charge in [0.2, 0.25) is 0 Å². The Morgan fingerprint density at radius 3 is 2.09 bits per heavy atom. The van der Waals surface area contributed by atoms with Crippen molar-refractivity contribution in [2.24, 2.45) is 0 Å². The molecule has 0 fully saturated rings. The fourth-order valence-corrected chi connectivity index (χ4v) is 3.23. The number of ether oxygens (including phenoxy) is 1. The first-order valence-electron chi connectivity index (χ1n) is 7.01. The molecule has 0 aliphatic heterocycles. The number of methoxy groups -OCH3 is 1. The second kappa shape index (κ2) is 7.96. The predicted octanol–water partition coefficient (Wildman–Crippen LogP) is 4.83. The molecule has 0 N–H and O–H groups in total. The SMILES string of the molecule is COc1ccc(C(=C=Cc2ccccc2)P(=O)(OC)OC)cc1. The molecule has 0 atom stereocenters. The Morgan fingerprint density at radius 1 is 0.957 bits per heavy atom. The topological polar surface area (TPSA) is 44.8 Å². The minimum absolute atomic E-state index is 0.369. The summed E-state index contributed by atoms with van der Waals surface area (Å²) in [7, 11) is 0.872. The van der Waals surface area contributed by atoms with E-state index in [0.717, 1.165) is 5.56 Å². The second-order valence-corrected chi connectivity index (χ2v) is 6.81. The Balaban J connectivity index is 2.56. The van der Waals surface area contributed by atoms with E-state index in [9.17, 15) is 4.57 Å². The molecule has 0 saturated heterocycles. The number of rotatable bonds is 6. The van der Waals surface area contributed by atoms with Crippen LogP contribution in [0, 0.1) is 0 Å².